The standard InChI is InChI=1S/C15H26N2O3/c1-16-7-4-13(5-8-16)20-15(18)17-9-6-14(10-17)19-11-12-2-3-12/h12-14H,2-11H2,1H3. The van der Waals surface area contributed by atoms with Crippen molar-refractivity contribution >= 4 is 6.09 Å². The molecule has 20 heavy (non-hydrogen) atoms. The Labute approximate surface area is 121 Å². The average Bonchev–Trinajstić information content (AvgIpc) is 3.15. The van der Waals surface area contributed by atoms with Crippen LogP contribution in [-0.4, -0.2) is 67.9 Å². The van der Waals surface area contributed by atoms with E-state index >= 15 is 0 Å². The largest absolute Gasteiger partial charge is 0.446 e. The summed E-state index contributed by atoms with van der Waals surface area (Å²) < 4.78 is 11.5. The number of carbonyl (C=O) groups is 1. The summed E-state index contributed by atoms with van der Waals surface area (Å²) in [7, 11) is 2.11. The second-order valence-corrected chi connectivity index (χ2v) is 6.52. The van der Waals surface area contributed by atoms with Crippen molar-refractivity contribution in [3.05, 3.63) is 0 Å². The van der Waals surface area contributed by atoms with Crippen molar-refractivity contribution in [2.24, 2.45) is 5.92 Å². The van der Waals surface area contributed by atoms with Crippen molar-refractivity contribution in [1.82, 2.24) is 9.80 Å². The SMILES string of the molecule is CN1CCC(OC(=O)N2CCC(OCC3CC3)C2)CC1. The quantitative estimate of drug-likeness (QED) is 0.787. The first-order valence-corrected chi connectivity index (χ1v) is 7.96. The number of amides is 1. The summed E-state index contributed by atoms with van der Waals surface area (Å²) in [5.41, 5.74) is 0. The maximum Gasteiger partial charge on any atom is 0.410 e. The lowest BCUT2D eigenvalue weighted by molar-refractivity contribution is 0.0263. The summed E-state index contributed by atoms with van der Waals surface area (Å²) in [5, 5.41) is 0. The zero-order chi connectivity index (χ0) is 13.9. The van der Waals surface area contributed by atoms with Crippen LogP contribution in [0.2, 0.25) is 0 Å². The highest BCUT2D eigenvalue weighted by Gasteiger charge is 2.31. The summed E-state index contributed by atoms with van der Waals surface area (Å²) in [6.07, 6.45) is 5.68. The van der Waals surface area contributed by atoms with E-state index in [9.17, 15) is 4.79 Å². The fourth-order valence-electron chi connectivity index (χ4n) is 2.91. The zero-order valence-corrected chi connectivity index (χ0v) is 12.4. The van der Waals surface area contributed by atoms with Gasteiger partial charge >= 0.3 is 6.09 Å². The summed E-state index contributed by atoms with van der Waals surface area (Å²) in [5.74, 6) is 0.787. The predicted octanol–water partition coefficient (Wildman–Crippen LogP) is 1.72. The Morgan fingerprint density at radius 2 is 1.75 bits per heavy atom. The molecule has 1 saturated carbocycles. The molecule has 5 heteroatoms. The predicted molar refractivity (Wildman–Crippen MR) is 75.7 cm³/mol. The van der Waals surface area contributed by atoms with Crippen LogP contribution in [0.25, 0.3) is 0 Å². The molecular formula is C15H26N2O3. The molecule has 2 aliphatic heterocycles. The number of ether oxygens (including phenoxy) is 2. The third-order valence-electron chi connectivity index (χ3n) is 4.60. The van der Waals surface area contributed by atoms with Gasteiger partial charge in [-0.3, -0.25) is 0 Å². The molecule has 0 radical (unpaired) electrons. The van der Waals surface area contributed by atoms with Crippen molar-refractivity contribution in [3.8, 4) is 0 Å². The van der Waals surface area contributed by atoms with E-state index in [4.69, 9.17) is 9.47 Å². The number of hydrogen-bond acceptors (Lipinski definition) is 4. The molecule has 1 unspecified atom stereocenters. The first kappa shape index (κ1) is 14.1. The molecule has 0 bridgehead atoms. The van der Waals surface area contributed by atoms with Crippen LogP contribution in [0.4, 0.5) is 4.79 Å². The molecule has 1 amide bonds. The fourth-order valence-corrected chi connectivity index (χ4v) is 2.91. The van der Waals surface area contributed by atoms with Crippen LogP contribution in [-0.2, 0) is 9.47 Å². The highest BCUT2D eigenvalue weighted by atomic mass is 16.6. The summed E-state index contributed by atoms with van der Waals surface area (Å²) in [6.45, 7) is 4.40. The van der Waals surface area contributed by atoms with Crippen LogP contribution in [0, 0.1) is 5.92 Å². The van der Waals surface area contributed by atoms with Gasteiger partial charge in [-0.2, -0.15) is 0 Å². The molecule has 0 aromatic rings. The maximum absolute atomic E-state index is 12.1. The van der Waals surface area contributed by atoms with Crippen LogP contribution in [0.5, 0.6) is 0 Å². The molecule has 2 heterocycles. The maximum atomic E-state index is 12.1. The molecule has 0 aromatic heterocycles. The Morgan fingerprint density at radius 1 is 1.05 bits per heavy atom. The molecule has 0 spiro atoms. The number of hydrogen-bond donors (Lipinski definition) is 0. The lowest BCUT2D eigenvalue weighted by Gasteiger charge is -2.29. The van der Waals surface area contributed by atoms with Gasteiger partial charge in [0.15, 0.2) is 0 Å². The number of rotatable bonds is 4. The third-order valence-corrected chi connectivity index (χ3v) is 4.60. The van der Waals surface area contributed by atoms with Crippen molar-refractivity contribution in [2.45, 2.75) is 44.3 Å². The molecule has 3 fully saturated rings. The van der Waals surface area contributed by atoms with Gasteiger partial charge in [0.25, 0.3) is 0 Å². The molecule has 1 aliphatic carbocycles. The topological polar surface area (TPSA) is 42.0 Å². The van der Waals surface area contributed by atoms with Gasteiger partial charge in [0.2, 0.25) is 0 Å². The summed E-state index contributed by atoms with van der Waals surface area (Å²) >= 11 is 0. The number of nitrogens with zero attached hydrogens (tertiary/aromatic N) is 2. The average molecular weight is 282 g/mol. The van der Waals surface area contributed by atoms with E-state index in [1.54, 1.807) is 0 Å². The van der Waals surface area contributed by atoms with Gasteiger partial charge in [0, 0.05) is 26.2 Å². The molecule has 0 N–H and O–H groups in total. The summed E-state index contributed by atoms with van der Waals surface area (Å²) in [4.78, 5) is 16.2. The fraction of sp³-hybridized carbons (Fsp3) is 0.933. The van der Waals surface area contributed by atoms with Crippen molar-refractivity contribution in [3.63, 3.8) is 0 Å². The zero-order valence-electron chi connectivity index (χ0n) is 12.4. The van der Waals surface area contributed by atoms with Gasteiger partial charge in [0.05, 0.1) is 12.6 Å². The van der Waals surface area contributed by atoms with Crippen LogP contribution in [0.15, 0.2) is 0 Å². The molecule has 114 valence electrons. The number of piperidine rings is 1. The van der Waals surface area contributed by atoms with Crippen molar-refractivity contribution < 1.29 is 14.3 Å². The Balaban J connectivity index is 1.37. The summed E-state index contributed by atoms with van der Waals surface area (Å²) in [6, 6.07) is 0. The smallest absolute Gasteiger partial charge is 0.410 e. The van der Waals surface area contributed by atoms with Crippen LogP contribution >= 0.6 is 0 Å². The van der Waals surface area contributed by atoms with Crippen molar-refractivity contribution in [1.29, 1.82) is 0 Å². The van der Waals surface area contributed by atoms with Crippen LogP contribution in [0.3, 0.4) is 0 Å². The minimum absolute atomic E-state index is 0.102. The molecule has 2 saturated heterocycles. The van der Waals surface area contributed by atoms with E-state index in [1.165, 1.54) is 12.8 Å². The third kappa shape index (κ3) is 3.85. The lowest BCUT2D eigenvalue weighted by atomic mass is 10.1. The van der Waals surface area contributed by atoms with Gasteiger partial charge in [-0.1, -0.05) is 0 Å². The second kappa shape index (κ2) is 6.31. The second-order valence-electron chi connectivity index (χ2n) is 6.52. The van der Waals surface area contributed by atoms with E-state index < -0.39 is 0 Å². The van der Waals surface area contributed by atoms with Gasteiger partial charge in [-0.15, -0.1) is 0 Å². The Hall–Kier alpha value is -0.810. The van der Waals surface area contributed by atoms with Gasteiger partial charge in [0.1, 0.15) is 6.10 Å². The van der Waals surface area contributed by atoms with E-state index in [2.05, 4.69) is 11.9 Å². The Kier molecular flexibility index (Phi) is 4.46. The normalized spacial score (nSPS) is 28.9. The van der Waals surface area contributed by atoms with Gasteiger partial charge in [-0.05, 0) is 45.1 Å². The molecule has 1 atom stereocenters. The highest BCUT2D eigenvalue weighted by molar-refractivity contribution is 5.68. The van der Waals surface area contributed by atoms with Crippen LogP contribution in [0.1, 0.15) is 32.1 Å². The Morgan fingerprint density at radius 3 is 2.45 bits per heavy atom. The highest BCUT2D eigenvalue weighted by Crippen LogP contribution is 2.30. The minimum Gasteiger partial charge on any atom is -0.446 e. The molecule has 3 rings (SSSR count). The molecule has 3 aliphatic rings. The van der Waals surface area contributed by atoms with E-state index in [-0.39, 0.29) is 18.3 Å². The molecule has 5 nitrogen and oxygen atoms in total. The van der Waals surface area contributed by atoms with Gasteiger partial charge in [-0.25, -0.2) is 4.79 Å². The van der Waals surface area contributed by atoms with E-state index in [0.717, 1.165) is 51.4 Å². The number of likely N-dealkylation sites (tertiary alicyclic amines) is 2. The van der Waals surface area contributed by atoms with Gasteiger partial charge < -0.3 is 19.3 Å². The first-order valence-electron chi connectivity index (χ1n) is 7.96. The van der Waals surface area contributed by atoms with Crippen LogP contribution < -0.4 is 0 Å². The first-order chi connectivity index (χ1) is 9.70. The van der Waals surface area contributed by atoms with E-state index in [1.807, 2.05) is 4.90 Å². The lowest BCUT2D eigenvalue weighted by Crippen LogP contribution is -2.39. The monoisotopic (exact) mass is 282 g/mol. The Bertz CT molecular complexity index is 338. The van der Waals surface area contributed by atoms with E-state index in [0.29, 0.717) is 6.54 Å². The minimum atomic E-state index is -0.142. The molecule has 0 aromatic carbocycles. The number of carbonyl (C=O) groups excluding carboxylic acids is 1. The van der Waals surface area contributed by atoms with Crippen molar-refractivity contribution in [2.75, 3.05) is 39.8 Å². The molecular weight excluding hydrogens is 256 g/mol.